The van der Waals surface area contributed by atoms with E-state index in [1.165, 1.54) is 0 Å². The molecule has 140 valence electrons. The molecule has 1 rings (SSSR count). The Morgan fingerprint density at radius 1 is 1.29 bits per heavy atom. The average Bonchev–Trinajstić information content (AvgIpc) is 2.85. The van der Waals surface area contributed by atoms with Crippen molar-refractivity contribution in [2.45, 2.75) is 58.2 Å². The Morgan fingerprint density at radius 3 is 2.42 bits per heavy atom. The quantitative estimate of drug-likeness (QED) is 0.599. The molecule has 0 aromatic heterocycles. The van der Waals surface area contributed by atoms with E-state index in [2.05, 4.69) is 53.4 Å². The Morgan fingerprint density at radius 2 is 1.92 bits per heavy atom. The fourth-order valence-electron chi connectivity index (χ4n) is 2.33. The number of carbonyl (C=O) groups is 1. The number of ether oxygens (including phenoxy) is 1. The molecule has 1 saturated heterocycles. The number of aliphatic imine (C=N–C) groups is 1. The van der Waals surface area contributed by atoms with Gasteiger partial charge in [-0.05, 0) is 55.1 Å². The van der Waals surface area contributed by atoms with Gasteiger partial charge in [0, 0.05) is 32.2 Å². The zero-order valence-electron chi connectivity index (χ0n) is 16.6. The number of likely N-dealkylation sites (tertiary alicyclic amines) is 1. The molecule has 0 radical (unpaired) electrons. The Kier molecular flexibility index (Phi) is 6.89. The molecule has 1 aliphatic heterocycles. The summed E-state index contributed by atoms with van der Waals surface area (Å²) in [6, 6.07) is 0.0836. The minimum absolute atomic E-state index is 0.0316. The maximum absolute atomic E-state index is 11.9. The van der Waals surface area contributed by atoms with E-state index in [4.69, 9.17) is 4.74 Å². The average molecular weight is 342 g/mol. The molecule has 7 heteroatoms. The molecular formula is C17H35N5O2. The van der Waals surface area contributed by atoms with Crippen LogP contribution in [0.4, 0.5) is 4.79 Å². The molecule has 0 spiro atoms. The summed E-state index contributed by atoms with van der Waals surface area (Å²) in [5, 5.41) is 6.38. The van der Waals surface area contributed by atoms with Crippen molar-refractivity contribution in [2.75, 3.05) is 40.8 Å². The largest absolute Gasteiger partial charge is 0.444 e. The maximum atomic E-state index is 11.9. The molecule has 1 unspecified atom stereocenters. The summed E-state index contributed by atoms with van der Waals surface area (Å²) in [5.74, 6) is 0.874. The number of nitrogens with one attached hydrogen (secondary N) is 2. The summed E-state index contributed by atoms with van der Waals surface area (Å²) in [7, 11) is 5.93. The standard InChI is InChI=1S/C17H35N5O2/c1-16(2,3)24-15(23)20-13-9-10-22(11-13)14(18-6)19-12-17(4,5)21(7)8/h13H,9-12H2,1-8H3,(H,18,19)(H,20,23). The number of guanidine groups is 1. The number of rotatable bonds is 4. The van der Waals surface area contributed by atoms with Gasteiger partial charge in [0.15, 0.2) is 5.96 Å². The summed E-state index contributed by atoms with van der Waals surface area (Å²) in [6.07, 6.45) is 0.530. The third-order valence-corrected chi connectivity index (χ3v) is 4.31. The highest BCUT2D eigenvalue weighted by atomic mass is 16.6. The molecule has 2 N–H and O–H groups in total. The Labute approximate surface area is 146 Å². The Hall–Kier alpha value is -1.50. The maximum Gasteiger partial charge on any atom is 0.407 e. The van der Waals surface area contributed by atoms with Gasteiger partial charge in [-0.25, -0.2) is 4.79 Å². The van der Waals surface area contributed by atoms with Gasteiger partial charge in [0.2, 0.25) is 0 Å². The predicted molar refractivity (Wildman–Crippen MR) is 98.5 cm³/mol. The first-order valence-corrected chi connectivity index (χ1v) is 8.57. The van der Waals surface area contributed by atoms with E-state index in [-0.39, 0.29) is 17.7 Å². The number of amides is 1. The molecule has 1 atom stereocenters. The molecule has 0 aliphatic carbocycles. The highest BCUT2D eigenvalue weighted by molar-refractivity contribution is 5.80. The van der Waals surface area contributed by atoms with E-state index in [1.54, 1.807) is 7.05 Å². The van der Waals surface area contributed by atoms with Gasteiger partial charge < -0.3 is 25.2 Å². The highest BCUT2D eigenvalue weighted by Crippen LogP contribution is 2.13. The first-order valence-electron chi connectivity index (χ1n) is 8.57. The molecular weight excluding hydrogens is 306 g/mol. The van der Waals surface area contributed by atoms with Crippen molar-refractivity contribution in [3.63, 3.8) is 0 Å². The number of alkyl carbamates (subject to hydrolysis) is 1. The van der Waals surface area contributed by atoms with Gasteiger partial charge in [0.1, 0.15) is 5.60 Å². The van der Waals surface area contributed by atoms with Crippen molar-refractivity contribution in [1.82, 2.24) is 20.4 Å². The van der Waals surface area contributed by atoms with E-state index in [9.17, 15) is 4.79 Å². The summed E-state index contributed by atoms with van der Waals surface area (Å²) >= 11 is 0. The first-order chi connectivity index (χ1) is 10.9. The third kappa shape index (κ3) is 6.55. The molecule has 1 fully saturated rings. The van der Waals surface area contributed by atoms with E-state index in [0.29, 0.717) is 0 Å². The van der Waals surface area contributed by atoms with Crippen LogP contribution in [0.5, 0.6) is 0 Å². The molecule has 0 aromatic carbocycles. The van der Waals surface area contributed by atoms with Crippen LogP contribution >= 0.6 is 0 Å². The zero-order chi connectivity index (χ0) is 18.5. The second kappa shape index (κ2) is 8.05. The first kappa shape index (κ1) is 20.5. The van der Waals surface area contributed by atoms with Gasteiger partial charge in [-0.15, -0.1) is 0 Å². The molecule has 1 heterocycles. The SMILES string of the molecule is CN=C(NCC(C)(C)N(C)C)N1CCC(NC(=O)OC(C)(C)C)C1. The molecule has 7 nitrogen and oxygen atoms in total. The van der Waals surface area contributed by atoms with Crippen LogP contribution in [0.2, 0.25) is 0 Å². The molecule has 0 bridgehead atoms. The monoisotopic (exact) mass is 341 g/mol. The third-order valence-electron chi connectivity index (χ3n) is 4.31. The minimum Gasteiger partial charge on any atom is -0.444 e. The molecule has 0 saturated carbocycles. The summed E-state index contributed by atoms with van der Waals surface area (Å²) < 4.78 is 5.32. The lowest BCUT2D eigenvalue weighted by Gasteiger charge is -2.34. The van der Waals surface area contributed by atoms with Gasteiger partial charge in [0.05, 0.1) is 6.04 Å². The minimum atomic E-state index is -0.474. The number of hydrogen-bond donors (Lipinski definition) is 2. The van der Waals surface area contributed by atoms with Gasteiger partial charge >= 0.3 is 6.09 Å². The van der Waals surface area contributed by atoms with E-state index < -0.39 is 5.60 Å². The lowest BCUT2D eigenvalue weighted by molar-refractivity contribution is 0.0507. The molecule has 24 heavy (non-hydrogen) atoms. The van der Waals surface area contributed by atoms with Crippen LogP contribution in [0.1, 0.15) is 41.0 Å². The van der Waals surface area contributed by atoms with Crippen LogP contribution in [-0.2, 0) is 4.74 Å². The molecule has 0 aromatic rings. The van der Waals surface area contributed by atoms with Gasteiger partial charge in [0.25, 0.3) is 0 Å². The van der Waals surface area contributed by atoms with Crippen LogP contribution in [0.3, 0.4) is 0 Å². The van der Waals surface area contributed by atoms with Crippen molar-refractivity contribution in [1.29, 1.82) is 0 Å². The van der Waals surface area contributed by atoms with Crippen molar-refractivity contribution >= 4 is 12.1 Å². The fourth-order valence-corrected chi connectivity index (χ4v) is 2.33. The zero-order valence-corrected chi connectivity index (χ0v) is 16.6. The highest BCUT2D eigenvalue weighted by Gasteiger charge is 2.29. The predicted octanol–water partition coefficient (Wildman–Crippen LogP) is 1.50. The number of carbonyl (C=O) groups excluding carboxylic acids is 1. The second-order valence-electron chi connectivity index (χ2n) is 8.19. The van der Waals surface area contributed by atoms with Gasteiger partial charge in [-0.1, -0.05) is 0 Å². The van der Waals surface area contributed by atoms with Crippen molar-refractivity contribution in [3.8, 4) is 0 Å². The van der Waals surface area contributed by atoms with E-state index >= 15 is 0 Å². The Bertz CT molecular complexity index is 454. The smallest absolute Gasteiger partial charge is 0.407 e. The summed E-state index contributed by atoms with van der Waals surface area (Å²) in [5.41, 5.74) is -0.443. The van der Waals surface area contributed by atoms with Gasteiger partial charge in [-0.3, -0.25) is 4.99 Å². The Balaban J connectivity index is 2.50. The van der Waals surface area contributed by atoms with Crippen molar-refractivity contribution in [3.05, 3.63) is 0 Å². The van der Waals surface area contributed by atoms with Crippen LogP contribution in [0.25, 0.3) is 0 Å². The van der Waals surface area contributed by atoms with E-state index in [0.717, 1.165) is 32.0 Å². The van der Waals surface area contributed by atoms with Crippen molar-refractivity contribution < 1.29 is 9.53 Å². The molecule has 1 aliphatic rings. The normalized spacial score (nSPS) is 19.6. The molecule has 1 amide bonds. The van der Waals surface area contributed by atoms with Crippen molar-refractivity contribution in [2.24, 2.45) is 4.99 Å². The van der Waals surface area contributed by atoms with E-state index in [1.807, 2.05) is 20.8 Å². The summed E-state index contributed by atoms with van der Waals surface area (Å²) in [4.78, 5) is 20.6. The summed E-state index contributed by atoms with van der Waals surface area (Å²) in [6.45, 7) is 12.4. The van der Waals surface area contributed by atoms with Crippen LogP contribution < -0.4 is 10.6 Å². The lowest BCUT2D eigenvalue weighted by Crippen LogP contribution is -2.51. The number of likely N-dealkylation sites (N-methyl/N-ethyl adjacent to an activating group) is 1. The lowest BCUT2D eigenvalue weighted by atomic mass is 10.0. The van der Waals surface area contributed by atoms with Crippen LogP contribution in [0, 0.1) is 0 Å². The van der Waals surface area contributed by atoms with Gasteiger partial charge in [-0.2, -0.15) is 0 Å². The second-order valence-corrected chi connectivity index (χ2v) is 8.19. The van der Waals surface area contributed by atoms with Crippen LogP contribution in [-0.4, -0.2) is 79.8 Å². The number of hydrogen-bond acceptors (Lipinski definition) is 4. The topological polar surface area (TPSA) is 69.2 Å². The number of nitrogens with zero attached hydrogens (tertiary/aromatic N) is 3. The fraction of sp³-hybridized carbons (Fsp3) is 0.882. The van der Waals surface area contributed by atoms with Crippen LogP contribution in [0.15, 0.2) is 4.99 Å².